The predicted octanol–water partition coefficient (Wildman–Crippen LogP) is 2.13. The Hall–Kier alpha value is -0.0800. The molecular formula is C12H25NO. The van der Waals surface area contributed by atoms with Crippen molar-refractivity contribution in [3.8, 4) is 0 Å². The quantitative estimate of drug-likeness (QED) is 0.733. The Morgan fingerprint density at radius 2 is 2.00 bits per heavy atom. The van der Waals surface area contributed by atoms with Gasteiger partial charge in [-0.15, -0.1) is 0 Å². The highest BCUT2D eigenvalue weighted by Gasteiger charge is 2.19. The molecule has 14 heavy (non-hydrogen) atoms. The molecule has 2 nitrogen and oxygen atoms in total. The SMILES string of the molecule is CCCC(C)CN1CCC(CO)CC1. The smallest absolute Gasteiger partial charge is 0.0460 e. The molecule has 1 unspecified atom stereocenters. The van der Waals surface area contributed by atoms with Gasteiger partial charge in [0.2, 0.25) is 0 Å². The fourth-order valence-electron chi connectivity index (χ4n) is 2.38. The highest BCUT2D eigenvalue weighted by atomic mass is 16.3. The van der Waals surface area contributed by atoms with Crippen molar-refractivity contribution in [3.63, 3.8) is 0 Å². The van der Waals surface area contributed by atoms with Crippen molar-refractivity contribution in [2.45, 2.75) is 39.5 Å². The second-order valence-corrected chi connectivity index (χ2v) is 4.82. The van der Waals surface area contributed by atoms with E-state index in [-0.39, 0.29) is 0 Å². The van der Waals surface area contributed by atoms with E-state index in [9.17, 15) is 0 Å². The number of aliphatic hydroxyl groups excluding tert-OH is 1. The minimum Gasteiger partial charge on any atom is -0.396 e. The van der Waals surface area contributed by atoms with Crippen molar-refractivity contribution < 1.29 is 5.11 Å². The summed E-state index contributed by atoms with van der Waals surface area (Å²) in [5.41, 5.74) is 0. The second-order valence-electron chi connectivity index (χ2n) is 4.82. The molecular weight excluding hydrogens is 174 g/mol. The zero-order valence-corrected chi connectivity index (χ0v) is 9.71. The molecule has 0 amide bonds. The molecule has 1 aliphatic heterocycles. The molecule has 2 heteroatoms. The van der Waals surface area contributed by atoms with Gasteiger partial charge in [-0.25, -0.2) is 0 Å². The highest BCUT2D eigenvalue weighted by Crippen LogP contribution is 2.18. The number of piperidine rings is 1. The van der Waals surface area contributed by atoms with Gasteiger partial charge >= 0.3 is 0 Å². The Kier molecular flexibility index (Phi) is 5.49. The summed E-state index contributed by atoms with van der Waals surface area (Å²) in [5, 5.41) is 9.02. The van der Waals surface area contributed by atoms with Crippen molar-refractivity contribution in [1.29, 1.82) is 0 Å². The van der Waals surface area contributed by atoms with Crippen LogP contribution in [0.4, 0.5) is 0 Å². The van der Waals surface area contributed by atoms with Crippen molar-refractivity contribution in [2.75, 3.05) is 26.2 Å². The lowest BCUT2D eigenvalue weighted by atomic mass is 9.96. The molecule has 0 aromatic carbocycles. The van der Waals surface area contributed by atoms with Crippen LogP contribution in [0.15, 0.2) is 0 Å². The fraction of sp³-hybridized carbons (Fsp3) is 1.00. The number of nitrogens with zero attached hydrogens (tertiary/aromatic N) is 1. The largest absolute Gasteiger partial charge is 0.396 e. The van der Waals surface area contributed by atoms with E-state index in [4.69, 9.17) is 5.11 Å². The molecule has 0 bridgehead atoms. The third-order valence-electron chi connectivity index (χ3n) is 3.32. The summed E-state index contributed by atoms with van der Waals surface area (Å²) in [6.07, 6.45) is 5.03. The van der Waals surface area contributed by atoms with Crippen LogP contribution in [0.25, 0.3) is 0 Å². The molecule has 1 N–H and O–H groups in total. The lowest BCUT2D eigenvalue weighted by Crippen LogP contribution is -2.37. The number of hydrogen-bond donors (Lipinski definition) is 1. The fourth-order valence-corrected chi connectivity index (χ4v) is 2.38. The molecule has 0 aliphatic carbocycles. The second kappa shape index (κ2) is 6.41. The zero-order chi connectivity index (χ0) is 10.4. The Bertz CT molecular complexity index is 141. The van der Waals surface area contributed by atoms with Crippen LogP contribution in [-0.4, -0.2) is 36.2 Å². The van der Waals surface area contributed by atoms with E-state index in [0.717, 1.165) is 5.92 Å². The maximum Gasteiger partial charge on any atom is 0.0460 e. The Labute approximate surface area is 88.3 Å². The number of likely N-dealkylation sites (tertiary alicyclic amines) is 1. The van der Waals surface area contributed by atoms with Gasteiger partial charge in [0.15, 0.2) is 0 Å². The first-order valence-corrected chi connectivity index (χ1v) is 6.09. The van der Waals surface area contributed by atoms with E-state index in [1.807, 2.05) is 0 Å². The van der Waals surface area contributed by atoms with Crippen LogP contribution in [0, 0.1) is 11.8 Å². The molecule has 0 spiro atoms. The summed E-state index contributed by atoms with van der Waals surface area (Å²) >= 11 is 0. The number of rotatable bonds is 5. The first-order valence-electron chi connectivity index (χ1n) is 6.09. The number of hydrogen-bond acceptors (Lipinski definition) is 2. The topological polar surface area (TPSA) is 23.5 Å². The lowest BCUT2D eigenvalue weighted by molar-refractivity contribution is 0.120. The molecule has 1 saturated heterocycles. The Balaban J connectivity index is 2.15. The third kappa shape index (κ3) is 3.97. The van der Waals surface area contributed by atoms with Crippen molar-refractivity contribution in [3.05, 3.63) is 0 Å². The Morgan fingerprint density at radius 1 is 1.36 bits per heavy atom. The Morgan fingerprint density at radius 3 is 2.50 bits per heavy atom. The van der Waals surface area contributed by atoms with Crippen LogP contribution in [0.2, 0.25) is 0 Å². The molecule has 84 valence electrons. The maximum atomic E-state index is 9.02. The zero-order valence-electron chi connectivity index (χ0n) is 9.71. The van der Waals surface area contributed by atoms with E-state index < -0.39 is 0 Å². The molecule has 1 atom stereocenters. The van der Waals surface area contributed by atoms with Crippen LogP contribution in [0.5, 0.6) is 0 Å². The molecule has 1 heterocycles. The molecule has 0 saturated carbocycles. The van der Waals surface area contributed by atoms with E-state index >= 15 is 0 Å². The first kappa shape index (κ1) is 12.0. The summed E-state index contributed by atoms with van der Waals surface area (Å²) in [6.45, 7) is 8.64. The van der Waals surface area contributed by atoms with E-state index in [2.05, 4.69) is 18.7 Å². The molecule has 0 aromatic rings. The summed E-state index contributed by atoms with van der Waals surface area (Å²) < 4.78 is 0. The summed E-state index contributed by atoms with van der Waals surface area (Å²) in [5.74, 6) is 1.42. The first-order chi connectivity index (χ1) is 6.76. The van der Waals surface area contributed by atoms with E-state index in [1.54, 1.807) is 0 Å². The standard InChI is InChI=1S/C12H25NO/c1-3-4-11(2)9-13-7-5-12(10-14)6-8-13/h11-12,14H,3-10H2,1-2H3. The van der Waals surface area contributed by atoms with Gasteiger partial charge in [-0.2, -0.15) is 0 Å². The van der Waals surface area contributed by atoms with Crippen molar-refractivity contribution in [1.82, 2.24) is 4.90 Å². The number of aliphatic hydroxyl groups is 1. The van der Waals surface area contributed by atoms with Gasteiger partial charge < -0.3 is 10.0 Å². The van der Waals surface area contributed by atoms with E-state index in [1.165, 1.54) is 45.3 Å². The summed E-state index contributed by atoms with van der Waals surface area (Å²) in [7, 11) is 0. The van der Waals surface area contributed by atoms with Gasteiger partial charge in [-0.05, 0) is 44.2 Å². The molecule has 0 aromatic heterocycles. The van der Waals surface area contributed by atoms with Gasteiger partial charge in [-0.3, -0.25) is 0 Å². The van der Waals surface area contributed by atoms with Gasteiger partial charge in [0.05, 0.1) is 0 Å². The lowest BCUT2D eigenvalue weighted by Gasteiger charge is -2.32. The van der Waals surface area contributed by atoms with Crippen LogP contribution in [-0.2, 0) is 0 Å². The summed E-state index contributed by atoms with van der Waals surface area (Å²) in [6, 6.07) is 0. The minimum absolute atomic E-state index is 0.387. The van der Waals surface area contributed by atoms with Crippen LogP contribution < -0.4 is 0 Å². The molecule has 0 radical (unpaired) electrons. The van der Waals surface area contributed by atoms with Crippen LogP contribution in [0.1, 0.15) is 39.5 Å². The molecule has 1 aliphatic rings. The van der Waals surface area contributed by atoms with Crippen molar-refractivity contribution >= 4 is 0 Å². The monoisotopic (exact) mass is 199 g/mol. The molecule has 1 fully saturated rings. The average molecular weight is 199 g/mol. The summed E-state index contributed by atoms with van der Waals surface area (Å²) in [4.78, 5) is 2.56. The van der Waals surface area contributed by atoms with Crippen molar-refractivity contribution in [2.24, 2.45) is 11.8 Å². The van der Waals surface area contributed by atoms with Gasteiger partial charge in [0.25, 0.3) is 0 Å². The maximum absolute atomic E-state index is 9.02. The average Bonchev–Trinajstić information content (AvgIpc) is 2.19. The van der Waals surface area contributed by atoms with Crippen LogP contribution in [0.3, 0.4) is 0 Å². The molecule has 1 rings (SSSR count). The van der Waals surface area contributed by atoms with Crippen LogP contribution >= 0.6 is 0 Å². The predicted molar refractivity (Wildman–Crippen MR) is 60.3 cm³/mol. The highest BCUT2D eigenvalue weighted by molar-refractivity contribution is 4.72. The van der Waals surface area contributed by atoms with Gasteiger partial charge in [0.1, 0.15) is 0 Å². The normalized spacial score (nSPS) is 22.5. The minimum atomic E-state index is 0.387. The van der Waals surface area contributed by atoms with Gasteiger partial charge in [-0.1, -0.05) is 20.3 Å². The van der Waals surface area contributed by atoms with E-state index in [0.29, 0.717) is 12.5 Å². The van der Waals surface area contributed by atoms with Gasteiger partial charge in [0, 0.05) is 13.2 Å². The third-order valence-corrected chi connectivity index (χ3v) is 3.32.